The van der Waals surface area contributed by atoms with Crippen LogP contribution in [0, 0.1) is 6.92 Å². The second kappa shape index (κ2) is 7.33. The van der Waals surface area contributed by atoms with Crippen LogP contribution in [0.15, 0.2) is 42.5 Å². The number of hydrogen-bond donors (Lipinski definition) is 2. The Balaban J connectivity index is 1.84. The van der Waals surface area contributed by atoms with Gasteiger partial charge in [-0.2, -0.15) is 0 Å². The van der Waals surface area contributed by atoms with Crippen LogP contribution in [0.2, 0.25) is 0 Å². The van der Waals surface area contributed by atoms with Crippen molar-refractivity contribution in [2.45, 2.75) is 32.7 Å². The van der Waals surface area contributed by atoms with Crippen molar-refractivity contribution in [3.05, 3.63) is 63.6 Å². The molecule has 0 spiro atoms. The summed E-state index contributed by atoms with van der Waals surface area (Å²) in [5, 5.41) is 6.36. The highest BCUT2D eigenvalue weighted by molar-refractivity contribution is 7.13. The van der Waals surface area contributed by atoms with Crippen molar-refractivity contribution >= 4 is 28.0 Å². The maximum absolute atomic E-state index is 12.7. The molecular weight excluding hydrogens is 330 g/mol. The van der Waals surface area contributed by atoms with Gasteiger partial charge in [-0.05, 0) is 29.3 Å². The van der Waals surface area contributed by atoms with Gasteiger partial charge in [0.25, 0.3) is 5.91 Å². The average Bonchev–Trinajstić information content (AvgIpc) is 3.01. The highest BCUT2D eigenvalue weighted by Gasteiger charge is 2.20. The predicted octanol–water partition coefficient (Wildman–Crippen LogP) is 4.16. The number of nitrogens with one attached hydrogen (secondary N) is 1. The van der Waals surface area contributed by atoms with E-state index in [0.717, 1.165) is 21.7 Å². The van der Waals surface area contributed by atoms with E-state index in [1.165, 1.54) is 16.7 Å². The quantitative estimate of drug-likeness (QED) is 0.724. The van der Waals surface area contributed by atoms with Crippen molar-refractivity contribution in [1.82, 2.24) is 10.3 Å². The number of hydrogen-bond acceptors (Lipinski definition) is 4. The van der Waals surface area contributed by atoms with Gasteiger partial charge in [0.05, 0.1) is 16.7 Å². The Hall–Kier alpha value is -2.24. The minimum Gasteiger partial charge on any atom is -0.343 e. The lowest BCUT2D eigenvalue weighted by Crippen LogP contribution is -2.33. The lowest BCUT2D eigenvalue weighted by molar-refractivity contribution is 0.0941. The number of benzene rings is 2. The third-order valence-electron chi connectivity index (χ3n) is 4.23. The number of carbonyl (C=O) groups is 1. The van der Waals surface area contributed by atoms with Gasteiger partial charge in [-0.25, -0.2) is 4.98 Å². The van der Waals surface area contributed by atoms with Crippen molar-refractivity contribution in [3.8, 4) is 0 Å². The molecule has 4 nitrogen and oxygen atoms in total. The second-order valence-corrected chi connectivity index (χ2v) is 7.52. The first-order valence-electron chi connectivity index (χ1n) is 8.46. The zero-order valence-electron chi connectivity index (χ0n) is 14.7. The first-order valence-corrected chi connectivity index (χ1v) is 9.28. The van der Waals surface area contributed by atoms with Gasteiger partial charge >= 0.3 is 0 Å². The molecule has 0 aliphatic heterocycles. The van der Waals surface area contributed by atoms with Gasteiger partial charge in [-0.15, -0.1) is 11.3 Å². The number of aromatic nitrogens is 1. The third kappa shape index (κ3) is 3.72. The fourth-order valence-corrected chi connectivity index (χ4v) is 3.77. The SMILES string of the molecule is Cc1nc(C(C)C)sc1C(=O)NC(CN)c1ccc2ccccc2c1. The molecule has 1 aromatic heterocycles. The van der Waals surface area contributed by atoms with Gasteiger partial charge in [0.1, 0.15) is 4.88 Å². The van der Waals surface area contributed by atoms with Crippen molar-refractivity contribution in [1.29, 1.82) is 0 Å². The Labute approximate surface area is 152 Å². The molecule has 25 heavy (non-hydrogen) atoms. The Kier molecular flexibility index (Phi) is 5.16. The highest BCUT2D eigenvalue weighted by atomic mass is 32.1. The Morgan fingerprint density at radius 1 is 1.20 bits per heavy atom. The smallest absolute Gasteiger partial charge is 0.263 e. The van der Waals surface area contributed by atoms with E-state index >= 15 is 0 Å². The number of nitrogens with zero attached hydrogens (tertiary/aromatic N) is 1. The molecule has 130 valence electrons. The summed E-state index contributed by atoms with van der Waals surface area (Å²) >= 11 is 1.46. The van der Waals surface area contributed by atoms with Crippen molar-refractivity contribution in [3.63, 3.8) is 0 Å². The highest BCUT2D eigenvalue weighted by Crippen LogP contribution is 2.26. The molecule has 2 aromatic carbocycles. The van der Waals surface area contributed by atoms with Crippen LogP contribution in [0.1, 0.15) is 51.7 Å². The summed E-state index contributed by atoms with van der Waals surface area (Å²) in [6, 6.07) is 14.1. The number of amides is 1. The molecule has 0 saturated heterocycles. The largest absolute Gasteiger partial charge is 0.343 e. The fraction of sp³-hybridized carbons (Fsp3) is 0.300. The zero-order chi connectivity index (χ0) is 18.0. The van der Waals surface area contributed by atoms with Crippen LogP contribution >= 0.6 is 11.3 Å². The first kappa shape index (κ1) is 17.6. The third-order valence-corrected chi connectivity index (χ3v) is 5.69. The average molecular weight is 353 g/mol. The van der Waals surface area contributed by atoms with E-state index in [9.17, 15) is 4.79 Å². The monoisotopic (exact) mass is 353 g/mol. The summed E-state index contributed by atoms with van der Waals surface area (Å²) in [7, 11) is 0. The minimum absolute atomic E-state index is 0.106. The molecule has 3 rings (SSSR count). The zero-order valence-corrected chi connectivity index (χ0v) is 15.6. The van der Waals surface area contributed by atoms with Gasteiger partial charge in [-0.1, -0.05) is 50.2 Å². The minimum atomic E-state index is -0.221. The Morgan fingerprint density at radius 2 is 1.92 bits per heavy atom. The Morgan fingerprint density at radius 3 is 2.56 bits per heavy atom. The first-order chi connectivity index (χ1) is 12.0. The van der Waals surface area contributed by atoms with Crippen LogP contribution in [-0.4, -0.2) is 17.4 Å². The van der Waals surface area contributed by atoms with Crippen LogP contribution in [-0.2, 0) is 0 Å². The van der Waals surface area contributed by atoms with Crippen molar-refractivity contribution < 1.29 is 4.79 Å². The standard InChI is InChI=1S/C20H23N3OS/c1-12(2)20-22-13(3)18(25-20)19(24)23-17(11-21)16-9-8-14-6-4-5-7-15(14)10-16/h4-10,12,17H,11,21H2,1-3H3,(H,23,24). The summed E-state index contributed by atoms with van der Waals surface area (Å²) in [5.41, 5.74) is 7.73. The number of carbonyl (C=O) groups excluding carboxylic acids is 1. The van der Waals surface area contributed by atoms with Crippen LogP contribution in [0.5, 0.6) is 0 Å². The molecule has 3 N–H and O–H groups in total. The lowest BCUT2D eigenvalue weighted by atomic mass is 10.0. The van der Waals surface area contributed by atoms with Gasteiger partial charge < -0.3 is 11.1 Å². The molecule has 0 bridgehead atoms. The lowest BCUT2D eigenvalue weighted by Gasteiger charge is -2.17. The molecular formula is C20H23N3OS. The summed E-state index contributed by atoms with van der Waals surface area (Å²) in [5.74, 6) is 0.210. The van der Waals surface area contributed by atoms with Gasteiger partial charge in [0, 0.05) is 12.5 Å². The van der Waals surface area contributed by atoms with E-state index in [2.05, 4.69) is 48.4 Å². The Bertz CT molecular complexity index is 901. The normalized spacial score (nSPS) is 12.5. The van der Waals surface area contributed by atoms with E-state index < -0.39 is 0 Å². The number of aryl methyl sites for hydroxylation is 1. The van der Waals surface area contributed by atoms with Crippen LogP contribution < -0.4 is 11.1 Å². The molecule has 1 amide bonds. The summed E-state index contributed by atoms with van der Waals surface area (Å²) in [4.78, 5) is 17.9. The molecule has 0 fully saturated rings. The molecule has 1 heterocycles. The molecule has 1 atom stereocenters. The summed E-state index contributed by atoms with van der Waals surface area (Å²) in [6.07, 6.45) is 0. The molecule has 0 saturated carbocycles. The molecule has 5 heteroatoms. The maximum atomic E-state index is 12.7. The number of thiazole rings is 1. The van der Waals surface area contributed by atoms with Gasteiger partial charge in [0.2, 0.25) is 0 Å². The van der Waals surface area contributed by atoms with Gasteiger partial charge in [-0.3, -0.25) is 4.79 Å². The summed E-state index contributed by atoms with van der Waals surface area (Å²) < 4.78 is 0. The fourth-order valence-electron chi connectivity index (χ4n) is 2.80. The van der Waals surface area contributed by atoms with Gasteiger partial charge in [0.15, 0.2) is 0 Å². The predicted molar refractivity (Wildman–Crippen MR) is 104 cm³/mol. The van der Waals surface area contributed by atoms with E-state index in [4.69, 9.17) is 5.73 Å². The van der Waals surface area contributed by atoms with E-state index in [-0.39, 0.29) is 11.9 Å². The van der Waals surface area contributed by atoms with Crippen molar-refractivity contribution in [2.75, 3.05) is 6.54 Å². The van der Waals surface area contributed by atoms with Crippen LogP contribution in [0.3, 0.4) is 0 Å². The topological polar surface area (TPSA) is 68.0 Å². The summed E-state index contributed by atoms with van der Waals surface area (Å²) in [6.45, 7) is 6.39. The second-order valence-electron chi connectivity index (χ2n) is 6.49. The molecule has 1 unspecified atom stereocenters. The maximum Gasteiger partial charge on any atom is 0.263 e. The number of nitrogens with two attached hydrogens (primary N) is 1. The van der Waals surface area contributed by atoms with E-state index in [1.54, 1.807) is 0 Å². The van der Waals surface area contributed by atoms with Crippen molar-refractivity contribution in [2.24, 2.45) is 5.73 Å². The van der Waals surface area contributed by atoms with E-state index in [1.807, 2.05) is 25.1 Å². The number of fused-ring (bicyclic) bond motifs is 1. The molecule has 0 radical (unpaired) electrons. The van der Waals surface area contributed by atoms with Crippen LogP contribution in [0.4, 0.5) is 0 Å². The molecule has 0 aliphatic carbocycles. The molecule has 0 aliphatic rings. The van der Waals surface area contributed by atoms with Crippen LogP contribution in [0.25, 0.3) is 10.8 Å². The molecule has 3 aromatic rings. The van der Waals surface area contributed by atoms with E-state index in [0.29, 0.717) is 17.3 Å². The number of rotatable bonds is 5.